The van der Waals surface area contributed by atoms with E-state index in [1.54, 1.807) is 0 Å². The van der Waals surface area contributed by atoms with E-state index in [2.05, 4.69) is 19.2 Å². The van der Waals surface area contributed by atoms with Gasteiger partial charge in [0.1, 0.15) is 0 Å². The summed E-state index contributed by atoms with van der Waals surface area (Å²) >= 11 is 0. The van der Waals surface area contributed by atoms with Crippen LogP contribution in [0.15, 0.2) is 0 Å². The molecule has 5 nitrogen and oxygen atoms in total. The predicted octanol–water partition coefficient (Wildman–Crippen LogP) is 2.03. The molecular weight excluding hydrogens is 229 g/mol. The van der Waals surface area contributed by atoms with Crippen molar-refractivity contribution >= 4 is 7.82 Å². The number of unbranched alkanes of at least 4 members (excludes halogenated alkanes) is 4. The van der Waals surface area contributed by atoms with E-state index < -0.39 is 7.82 Å². The molecule has 0 rings (SSSR count). The van der Waals surface area contributed by atoms with E-state index in [-0.39, 0.29) is 0 Å². The van der Waals surface area contributed by atoms with Crippen LogP contribution >= 0.6 is 7.82 Å². The molecule has 0 saturated heterocycles. The third-order valence-corrected chi connectivity index (χ3v) is 1.91. The predicted molar refractivity (Wildman–Crippen MR) is 66.2 cm³/mol. The third kappa shape index (κ3) is 36.9. The average Bonchev–Trinajstić information content (AvgIpc) is 2.14. The summed E-state index contributed by atoms with van der Waals surface area (Å²) < 4.78 is 8.88. The molecule has 6 heteroatoms. The molecule has 0 heterocycles. The molecule has 0 bridgehead atoms. The third-order valence-electron chi connectivity index (χ3n) is 1.91. The standard InChI is InChI=1S/C10H23N.H3O4P/c1-3-5-7-9-11-10-8-6-4-2;1-5(2,3)4/h11H,3-10H2,1-2H3;(H3,1,2,3,4). The summed E-state index contributed by atoms with van der Waals surface area (Å²) in [4.78, 5) is 21.6. The molecule has 0 aromatic rings. The molecule has 0 fully saturated rings. The summed E-state index contributed by atoms with van der Waals surface area (Å²) in [5.74, 6) is 0. The molecule has 100 valence electrons. The molecule has 0 aliphatic heterocycles. The Morgan fingerprint density at radius 3 is 1.44 bits per heavy atom. The van der Waals surface area contributed by atoms with Crippen LogP contribution < -0.4 is 5.32 Å². The van der Waals surface area contributed by atoms with Gasteiger partial charge in [-0.05, 0) is 25.9 Å². The highest BCUT2D eigenvalue weighted by molar-refractivity contribution is 7.45. The lowest BCUT2D eigenvalue weighted by atomic mass is 10.2. The van der Waals surface area contributed by atoms with Gasteiger partial charge in [-0.25, -0.2) is 4.57 Å². The van der Waals surface area contributed by atoms with E-state index in [1.807, 2.05) is 0 Å². The normalized spacial score (nSPS) is 10.8. The van der Waals surface area contributed by atoms with Gasteiger partial charge in [0, 0.05) is 0 Å². The number of nitrogens with one attached hydrogen (secondary N) is 1. The fourth-order valence-electron chi connectivity index (χ4n) is 1.12. The van der Waals surface area contributed by atoms with Gasteiger partial charge < -0.3 is 20.0 Å². The van der Waals surface area contributed by atoms with Crippen molar-refractivity contribution in [1.82, 2.24) is 5.32 Å². The van der Waals surface area contributed by atoms with Gasteiger partial charge in [0.25, 0.3) is 0 Å². The lowest BCUT2D eigenvalue weighted by Crippen LogP contribution is -2.16. The second-order valence-electron chi connectivity index (χ2n) is 3.68. The number of hydrogen-bond donors (Lipinski definition) is 4. The van der Waals surface area contributed by atoms with Crippen molar-refractivity contribution in [2.45, 2.75) is 52.4 Å². The van der Waals surface area contributed by atoms with Crippen molar-refractivity contribution in [3.63, 3.8) is 0 Å². The van der Waals surface area contributed by atoms with Gasteiger partial charge in [-0.1, -0.05) is 39.5 Å². The molecule has 0 saturated carbocycles. The highest BCUT2D eigenvalue weighted by atomic mass is 31.2. The molecule has 0 aromatic carbocycles. The molecule has 0 aromatic heterocycles. The van der Waals surface area contributed by atoms with Crippen LogP contribution in [0, 0.1) is 0 Å². The van der Waals surface area contributed by atoms with Crippen LogP contribution in [0.3, 0.4) is 0 Å². The van der Waals surface area contributed by atoms with Gasteiger partial charge in [-0.15, -0.1) is 0 Å². The number of hydrogen-bond acceptors (Lipinski definition) is 2. The highest BCUT2D eigenvalue weighted by Gasteiger charge is 2.00. The minimum Gasteiger partial charge on any atom is -0.317 e. The molecule has 0 unspecified atom stereocenters. The summed E-state index contributed by atoms with van der Waals surface area (Å²) in [5.41, 5.74) is 0. The van der Waals surface area contributed by atoms with Crippen molar-refractivity contribution in [1.29, 1.82) is 0 Å². The van der Waals surface area contributed by atoms with Gasteiger partial charge in [0.05, 0.1) is 0 Å². The van der Waals surface area contributed by atoms with Gasteiger partial charge >= 0.3 is 7.82 Å². The molecule has 0 amide bonds. The molecule has 0 radical (unpaired) electrons. The highest BCUT2D eigenvalue weighted by Crippen LogP contribution is 2.25. The van der Waals surface area contributed by atoms with Crippen molar-refractivity contribution in [3.8, 4) is 0 Å². The van der Waals surface area contributed by atoms with Crippen molar-refractivity contribution in [3.05, 3.63) is 0 Å². The Balaban J connectivity index is 0. The minimum atomic E-state index is -4.64. The summed E-state index contributed by atoms with van der Waals surface area (Å²) in [6.07, 6.45) is 8.11. The van der Waals surface area contributed by atoms with Crippen LogP contribution in [-0.4, -0.2) is 27.8 Å². The van der Waals surface area contributed by atoms with E-state index >= 15 is 0 Å². The Morgan fingerprint density at radius 2 is 1.19 bits per heavy atom. The van der Waals surface area contributed by atoms with Crippen LogP contribution in [0.25, 0.3) is 0 Å². The fourth-order valence-corrected chi connectivity index (χ4v) is 1.12. The SMILES string of the molecule is CCCCCNCCCCC.O=P(O)(O)O. The van der Waals surface area contributed by atoms with Gasteiger partial charge in [0.15, 0.2) is 0 Å². The Kier molecular flexibility index (Phi) is 15.1. The quantitative estimate of drug-likeness (QED) is 0.393. The van der Waals surface area contributed by atoms with Crippen LogP contribution in [-0.2, 0) is 4.57 Å². The second kappa shape index (κ2) is 13.1. The Bertz CT molecular complexity index is 156. The van der Waals surface area contributed by atoms with Crippen molar-refractivity contribution in [2.24, 2.45) is 0 Å². The summed E-state index contributed by atoms with van der Waals surface area (Å²) in [6.45, 7) is 6.93. The van der Waals surface area contributed by atoms with Crippen LogP contribution in [0.1, 0.15) is 52.4 Å². The number of phosphoric acid groups is 1. The zero-order chi connectivity index (χ0) is 12.9. The Labute approximate surface area is 98.5 Å². The van der Waals surface area contributed by atoms with Gasteiger partial charge in [-0.3, -0.25) is 0 Å². The zero-order valence-electron chi connectivity index (χ0n) is 10.4. The molecule has 0 aliphatic carbocycles. The lowest BCUT2D eigenvalue weighted by Gasteiger charge is -2.02. The maximum absolute atomic E-state index is 8.88. The Hall–Kier alpha value is 0.0700. The summed E-state index contributed by atoms with van der Waals surface area (Å²) in [7, 11) is -4.64. The monoisotopic (exact) mass is 255 g/mol. The second-order valence-corrected chi connectivity index (χ2v) is 4.70. The lowest BCUT2D eigenvalue weighted by molar-refractivity contribution is 0.275. The van der Waals surface area contributed by atoms with Gasteiger partial charge in [0.2, 0.25) is 0 Å². The first-order valence-corrected chi connectivity index (χ1v) is 7.47. The zero-order valence-corrected chi connectivity index (χ0v) is 11.2. The van der Waals surface area contributed by atoms with E-state index in [0.29, 0.717) is 0 Å². The molecule has 4 N–H and O–H groups in total. The smallest absolute Gasteiger partial charge is 0.317 e. The van der Waals surface area contributed by atoms with E-state index in [1.165, 1.54) is 51.6 Å². The van der Waals surface area contributed by atoms with Crippen LogP contribution in [0.4, 0.5) is 0 Å². The maximum atomic E-state index is 8.88. The summed E-state index contributed by atoms with van der Waals surface area (Å²) in [5, 5.41) is 3.46. The first kappa shape index (κ1) is 18.4. The number of rotatable bonds is 8. The Morgan fingerprint density at radius 1 is 0.875 bits per heavy atom. The topological polar surface area (TPSA) is 89.8 Å². The molecule has 0 aliphatic rings. The van der Waals surface area contributed by atoms with E-state index in [9.17, 15) is 0 Å². The van der Waals surface area contributed by atoms with Crippen molar-refractivity contribution < 1.29 is 19.2 Å². The van der Waals surface area contributed by atoms with E-state index in [0.717, 1.165) is 0 Å². The molecular formula is C10H26NO4P. The fraction of sp³-hybridized carbons (Fsp3) is 1.00. The van der Waals surface area contributed by atoms with E-state index in [4.69, 9.17) is 19.2 Å². The maximum Gasteiger partial charge on any atom is 0.466 e. The van der Waals surface area contributed by atoms with Crippen LogP contribution in [0.5, 0.6) is 0 Å². The average molecular weight is 255 g/mol. The molecule has 0 atom stereocenters. The van der Waals surface area contributed by atoms with Crippen LogP contribution in [0.2, 0.25) is 0 Å². The van der Waals surface area contributed by atoms with Gasteiger partial charge in [-0.2, -0.15) is 0 Å². The van der Waals surface area contributed by atoms with Crippen molar-refractivity contribution in [2.75, 3.05) is 13.1 Å². The molecule has 0 spiro atoms. The largest absolute Gasteiger partial charge is 0.466 e. The molecule has 16 heavy (non-hydrogen) atoms. The first-order valence-electron chi connectivity index (χ1n) is 5.90. The minimum absolute atomic E-state index is 1.22. The first-order chi connectivity index (χ1) is 7.41. The summed E-state index contributed by atoms with van der Waals surface area (Å²) in [6, 6.07) is 0.